The van der Waals surface area contributed by atoms with Gasteiger partial charge in [0.1, 0.15) is 0 Å². The molecule has 0 aromatic heterocycles. The van der Waals surface area contributed by atoms with Crippen LogP contribution in [0.1, 0.15) is 84.5 Å². The van der Waals surface area contributed by atoms with E-state index in [0.29, 0.717) is 12.5 Å². The van der Waals surface area contributed by atoms with Gasteiger partial charge in [-0.1, -0.05) is 71.6 Å². The summed E-state index contributed by atoms with van der Waals surface area (Å²) in [4.78, 5) is 0. The summed E-state index contributed by atoms with van der Waals surface area (Å²) < 4.78 is 0. The van der Waals surface area contributed by atoms with E-state index in [1.807, 2.05) is 0 Å². The van der Waals surface area contributed by atoms with Crippen molar-refractivity contribution >= 4 is 0 Å². The first-order valence-electron chi connectivity index (χ1n) is 7.46. The van der Waals surface area contributed by atoms with Crippen LogP contribution >= 0.6 is 0 Å². The highest BCUT2D eigenvalue weighted by molar-refractivity contribution is 4.59. The van der Waals surface area contributed by atoms with E-state index < -0.39 is 0 Å². The Balaban J connectivity index is 3.29. The van der Waals surface area contributed by atoms with Crippen molar-refractivity contribution in [2.45, 2.75) is 84.5 Å². The standard InChI is InChI=1S/C15H32O/c1-3-5-7-9-11-13-15(14-16)12-10-8-6-4-2/h15-16H,3-14H2,1-2H3. The number of rotatable bonds is 12. The third kappa shape index (κ3) is 10.5. The maximum absolute atomic E-state index is 9.29. The zero-order valence-corrected chi connectivity index (χ0v) is 11.5. The van der Waals surface area contributed by atoms with Crippen molar-refractivity contribution in [3.05, 3.63) is 0 Å². The van der Waals surface area contributed by atoms with Gasteiger partial charge in [0.05, 0.1) is 0 Å². The van der Waals surface area contributed by atoms with E-state index in [4.69, 9.17) is 0 Å². The molecule has 1 heteroatoms. The van der Waals surface area contributed by atoms with Crippen LogP contribution < -0.4 is 0 Å². The van der Waals surface area contributed by atoms with Crippen molar-refractivity contribution in [1.82, 2.24) is 0 Å². The molecule has 16 heavy (non-hydrogen) atoms. The summed E-state index contributed by atoms with van der Waals surface area (Å²) >= 11 is 0. The minimum atomic E-state index is 0.403. The van der Waals surface area contributed by atoms with E-state index in [1.165, 1.54) is 70.6 Å². The summed E-state index contributed by atoms with van der Waals surface area (Å²) in [5.41, 5.74) is 0. The second-order valence-electron chi connectivity index (χ2n) is 5.10. The number of hydrogen-bond acceptors (Lipinski definition) is 1. The van der Waals surface area contributed by atoms with E-state index in [9.17, 15) is 5.11 Å². The largest absolute Gasteiger partial charge is 0.396 e. The molecule has 98 valence electrons. The Morgan fingerprint density at radius 1 is 0.688 bits per heavy atom. The molecular weight excluding hydrogens is 196 g/mol. The Kier molecular flexibility index (Phi) is 13.0. The molecule has 0 amide bonds. The zero-order valence-electron chi connectivity index (χ0n) is 11.5. The van der Waals surface area contributed by atoms with Gasteiger partial charge in [0.25, 0.3) is 0 Å². The summed E-state index contributed by atoms with van der Waals surface area (Å²) in [6, 6.07) is 0. The van der Waals surface area contributed by atoms with Crippen LogP contribution in [0.5, 0.6) is 0 Å². The fraction of sp³-hybridized carbons (Fsp3) is 1.00. The Hall–Kier alpha value is -0.0400. The van der Waals surface area contributed by atoms with Crippen molar-refractivity contribution in [3.63, 3.8) is 0 Å². The first kappa shape index (κ1) is 16.0. The van der Waals surface area contributed by atoms with Gasteiger partial charge in [-0.2, -0.15) is 0 Å². The van der Waals surface area contributed by atoms with Crippen molar-refractivity contribution in [3.8, 4) is 0 Å². The quantitative estimate of drug-likeness (QED) is 0.470. The molecule has 1 atom stereocenters. The van der Waals surface area contributed by atoms with Gasteiger partial charge in [-0.25, -0.2) is 0 Å². The van der Waals surface area contributed by atoms with Crippen LogP contribution in [-0.2, 0) is 0 Å². The average Bonchev–Trinajstić information content (AvgIpc) is 2.31. The summed E-state index contributed by atoms with van der Waals surface area (Å²) in [6.45, 7) is 4.90. The second kappa shape index (κ2) is 13.0. The molecule has 0 radical (unpaired) electrons. The normalized spacial score (nSPS) is 12.9. The molecular formula is C15H32O. The number of unbranched alkanes of at least 4 members (excludes halogenated alkanes) is 7. The van der Waals surface area contributed by atoms with Gasteiger partial charge in [0, 0.05) is 6.61 Å². The van der Waals surface area contributed by atoms with Gasteiger partial charge < -0.3 is 5.11 Å². The van der Waals surface area contributed by atoms with Gasteiger partial charge in [0.2, 0.25) is 0 Å². The monoisotopic (exact) mass is 228 g/mol. The highest BCUT2D eigenvalue weighted by Gasteiger charge is 2.06. The lowest BCUT2D eigenvalue weighted by molar-refractivity contribution is 0.204. The molecule has 0 saturated carbocycles. The third-order valence-electron chi connectivity index (χ3n) is 3.44. The Labute approximate surface area is 103 Å². The molecule has 0 fully saturated rings. The predicted octanol–water partition coefficient (Wildman–Crippen LogP) is 4.93. The van der Waals surface area contributed by atoms with E-state index in [2.05, 4.69) is 13.8 Å². The molecule has 0 aliphatic heterocycles. The highest BCUT2D eigenvalue weighted by atomic mass is 16.3. The van der Waals surface area contributed by atoms with Crippen molar-refractivity contribution in [2.75, 3.05) is 6.61 Å². The average molecular weight is 228 g/mol. The van der Waals surface area contributed by atoms with Gasteiger partial charge in [0.15, 0.2) is 0 Å². The minimum absolute atomic E-state index is 0.403. The third-order valence-corrected chi connectivity index (χ3v) is 3.44. The topological polar surface area (TPSA) is 20.2 Å². The lowest BCUT2D eigenvalue weighted by Crippen LogP contribution is -2.06. The molecule has 1 N–H and O–H groups in total. The first-order valence-corrected chi connectivity index (χ1v) is 7.46. The van der Waals surface area contributed by atoms with Gasteiger partial charge >= 0.3 is 0 Å². The Morgan fingerprint density at radius 3 is 1.56 bits per heavy atom. The molecule has 0 saturated heterocycles. The zero-order chi connectivity index (χ0) is 12.1. The van der Waals surface area contributed by atoms with Gasteiger partial charge in [-0.15, -0.1) is 0 Å². The van der Waals surface area contributed by atoms with E-state index in [0.717, 1.165) is 0 Å². The summed E-state index contributed by atoms with van der Waals surface area (Å²) in [5, 5.41) is 9.29. The SMILES string of the molecule is CCCCCCCC(CO)CCCCCC. The fourth-order valence-corrected chi connectivity index (χ4v) is 2.22. The molecule has 1 nitrogen and oxygen atoms in total. The van der Waals surface area contributed by atoms with E-state index in [1.54, 1.807) is 0 Å². The van der Waals surface area contributed by atoms with Crippen LogP contribution in [0.15, 0.2) is 0 Å². The van der Waals surface area contributed by atoms with E-state index in [-0.39, 0.29) is 0 Å². The van der Waals surface area contributed by atoms with Crippen LogP contribution in [-0.4, -0.2) is 11.7 Å². The van der Waals surface area contributed by atoms with Crippen LogP contribution in [0, 0.1) is 5.92 Å². The molecule has 0 spiro atoms. The Morgan fingerprint density at radius 2 is 1.12 bits per heavy atom. The van der Waals surface area contributed by atoms with Crippen molar-refractivity contribution in [2.24, 2.45) is 5.92 Å². The van der Waals surface area contributed by atoms with Crippen molar-refractivity contribution < 1.29 is 5.11 Å². The maximum atomic E-state index is 9.29. The number of hydrogen-bond donors (Lipinski definition) is 1. The van der Waals surface area contributed by atoms with Crippen LogP contribution in [0.25, 0.3) is 0 Å². The molecule has 0 aromatic rings. The lowest BCUT2D eigenvalue weighted by Gasteiger charge is -2.13. The van der Waals surface area contributed by atoms with Crippen molar-refractivity contribution in [1.29, 1.82) is 0 Å². The minimum Gasteiger partial charge on any atom is -0.396 e. The predicted molar refractivity (Wildman–Crippen MR) is 72.7 cm³/mol. The summed E-state index contributed by atoms with van der Waals surface area (Å²) in [5.74, 6) is 0.582. The Bertz CT molecular complexity index is 123. The summed E-state index contributed by atoms with van der Waals surface area (Å²) in [6.07, 6.45) is 14.6. The maximum Gasteiger partial charge on any atom is 0.0459 e. The molecule has 0 bridgehead atoms. The molecule has 0 aliphatic carbocycles. The van der Waals surface area contributed by atoms with Crippen LogP contribution in [0.3, 0.4) is 0 Å². The van der Waals surface area contributed by atoms with E-state index >= 15 is 0 Å². The van der Waals surface area contributed by atoms with Gasteiger partial charge in [-0.05, 0) is 18.8 Å². The molecule has 0 aliphatic rings. The number of aliphatic hydroxyl groups excluding tert-OH is 1. The smallest absolute Gasteiger partial charge is 0.0459 e. The van der Waals surface area contributed by atoms with Gasteiger partial charge in [-0.3, -0.25) is 0 Å². The molecule has 1 unspecified atom stereocenters. The molecule has 0 aromatic carbocycles. The highest BCUT2D eigenvalue weighted by Crippen LogP contribution is 2.17. The molecule has 0 rings (SSSR count). The number of aliphatic hydroxyl groups is 1. The van der Waals surface area contributed by atoms with Crippen LogP contribution in [0.4, 0.5) is 0 Å². The molecule has 0 heterocycles. The fourth-order valence-electron chi connectivity index (χ4n) is 2.22. The lowest BCUT2D eigenvalue weighted by atomic mass is 9.95. The van der Waals surface area contributed by atoms with Crippen LogP contribution in [0.2, 0.25) is 0 Å². The summed E-state index contributed by atoms with van der Waals surface area (Å²) in [7, 11) is 0. The first-order chi connectivity index (χ1) is 7.85. The second-order valence-corrected chi connectivity index (χ2v) is 5.10.